The minimum Gasteiger partial charge on any atom is -0.354 e. The molecular weight excluding hydrogens is 278 g/mol. The molecule has 0 radical (unpaired) electrons. The fourth-order valence-electron chi connectivity index (χ4n) is 1.89. The Balaban J connectivity index is 0. The van der Waals surface area contributed by atoms with E-state index in [2.05, 4.69) is 24.5 Å². The molecule has 0 aliphatic carbocycles. The van der Waals surface area contributed by atoms with Gasteiger partial charge in [0.05, 0.1) is 0 Å². The Hall–Kier alpha value is -0.810. The van der Waals surface area contributed by atoms with Crippen molar-refractivity contribution in [2.45, 2.75) is 65.5 Å². The summed E-state index contributed by atoms with van der Waals surface area (Å²) in [5.74, 6) is 0.486. The largest absolute Gasteiger partial charge is 0.354 e. The van der Waals surface area contributed by atoms with E-state index < -0.39 is 0 Å². The summed E-state index contributed by atoms with van der Waals surface area (Å²) in [6.07, 6.45) is 2.22. The molecule has 4 N–H and O–H groups in total. The van der Waals surface area contributed by atoms with Crippen LogP contribution in [0.1, 0.15) is 53.4 Å². The van der Waals surface area contributed by atoms with Crippen LogP contribution in [0.2, 0.25) is 0 Å². The Morgan fingerprint density at radius 1 is 1.00 bits per heavy atom. The number of nitrogens with two attached hydrogens (primary N) is 1. The molecule has 0 heterocycles. The van der Waals surface area contributed by atoms with Gasteiger partial charge in [0, 0.05) is 31.5 Å². The van der Waals surface area contributed by atoms with E-state index in [4.69, 9.17) is 5.73 Å². The molecular formula is C14H30ClN3O2. The first-order valence-electron chi connectivity index (χ1n) is 7.14. The number of amides is 2. The van der Waals surface area contributed by atoms with Gasteiger partial charge in [-0.2, -0.15) is 0 Å². The Bertz CT molecular complexity index is 284. The Labute approximate surface area is 128 Å². The summed E-state index contributed by atoms with van der Waals surface area (Å²) in [6, 6.07) is 0.186. The molecule has 0 aliphatic rings. The lowest BCUT2D eigenvalue weighted by molar-refractivity contribution is -0.123. The number of rotatable bonds is 9. The maximum Gasteiger partial charge on any atom is 0.220 e. The molecule has 0 saturated carbocycles. The summed E-state index contributed by atoms with van der Waals surface area (Å²) in [5, 5.41) is 5.72. The predicted molar refractivity (Wildman–Crippen MR) is 84.8 cm³/mol. The molecule has 0 rings (SSSR count). The SMILES string of the molecule is CC(C)CC(CN)NC(=O)CCCC(=O)NC(C)C.Cl. The van der Waals surface area contributed by atoms with Crippen LogP contribution in [0.4, 0.5) is 0 Å². The van der Waals surface area contributed by atoms with E-state index in [1.807, 2.05) is 13.8 Å². The maximum atomic E-state index is 11.7. The fraction of sp³-hybridized carbons (Fsp3) is 0.857. The molecule has 5 nitrogen and oxygen atoms in total. The molecule has 0 spiro atoms. The zero-order valence-electron chi connectivity index (χ0n) is 13.1. The van der Waals surface area contributed by atoms with E-state index in [1.165, 1.54) is 0 Å². The molecule has 0 fully saturated rings. The van der Waals surface area contributed by atoms with Crippen molar-refractivity contribution in [3.8, 4) is 0 Å². The smallest absolute Gasteiger partial charge is 0.220 e. The van der Waals surface area contributed by atoms with E-state index >= 15 is 0 Å². The van der Waals surface area contributed by atoms with Crippen molar-refractivity contribution in [2.24, 2.45) is 11.7 Å². The van der Waals surface area contributed by atoms with Crippen LogP contribution in [-0.4, -0.2) is 30.4 Å². The van der Waals surface area contributed by atoms with Crippen LogP contribution in [0.25, 0.3) is 0 Å². The number of nitrogens with one attached hydrogen (secondary N) is 2. The Morgan fingerprint density at radius 2 is 1.50 bits per heavy atom. The first kappa shape index (κ1) is 21.5. The van der Waals surface area contributed by atoms with Gasteiger partial charge >= 0.3 is 0 Å². The van der Waals surface area contributed by atoms with Gasteiger partial charge in [0.25, 0.3) is 0 Å². The molecule has 2 amide bonds. The van der Waals surface area contributed by atoms with Crippen LogP contribution in [0.3, 0.4) is 0 Å². The molecule has 1 unspecified atom stereocenters. The summed E-state index contributed by atoms with van der Waals surface area (Å²) >= 11 is 0. The standard InChI is InChI=1S/C14H29N3O2.ClH/c1-10(2)8-12(9-15)17-14(19)7-5-6-13(18)16-11(3)4;/h10-12H,5-9,15H2,1-4H3,(H,16,18)(H,17,19);1H. The van der Waals surface area contributed by atoms with Gasteiger partial charge < -0.3 is 16.4 Å². The molecule has 0 aromatic carbocycles. The van der Waals surface area contributed by atoms with Crippen molar-refractivity contribution in [3.05, 3.63) is 0 Å². The van der Waals surface area contributed by atoms with Crippen molar-refractivity contribution >= 4 is 24.2 Å². The lowest BCUT2D eigenvalue weighted by atomic mass is 10.0. The highest BCUT2D eigenvalue weighted by molar-refractivity contribution is 5.85. The molecule has 0 aliphatic heterocycles. The first-order chi connectivity index (χ1) is 8.85. The molecule has 6 heteroatoms. The number of carbonyl (C=O) groups is 2. The number of hydrogen-bond acceptors (Lipinski definition) is 3. The van der Waals surface area contributed by atoms with Crippen LogP contribution in [0.15, 0.2) is 0 Å². The topological polar surface area (TPSA) is 84.2 Å². The summed E-state index contributed by atoms with van der Waals surface area (Å²) in [5.41, 5.74) is 5.62. The summed E-state index contributed by atoms with van der Waals surface area (Å²) in [4.78, 5) is 23.1. The van der Waals surface area contributed by atoms with E-state index in [1.54, 1.807) is 0 Å². The van der Waals surface area contributed by atoms with Gasteiger partial charge in [-0.3, -0.25) is 9.59 Å². The van der Waals surface area contributed by atoms with Gasteiger partial charge in [-0.05, 0) is 32.6 Å². The summed E-state index contributed by atoms with van der Waals surface area (Å²) in [7, 11) is 0. The molecule has 0 bridgehead atoms. The van der Waals surface area contributed by atoms with Crippen molar-refractivity contribution in [1.82, 2.24) is 10.6 Å². The molecule has 1 atom stereocenters. The summed E-state index contributed by atoms with van der Waals surface area (Å²) < 4.78 is 0. The van der Waals surface area contributed by atoms with Crippen LogP contribution in [0.5, 0.6) is 0 Å². The lowest BCUT2D eigenvalue weighted by Crippen LogP contribution is -2.41. The Morgan fingerprint density at radius 3 is 1.90 bits per heavy atom. The van der Waals surface area contributed by atoms with Gasteiger partial charge in [0.2, 0.25) is 11.8 Å². The van der Waals surface area contributed by atoms with Gasteiger partial charge in [-0.1, -0.05) is 13.8 Å². The number of halogens is 1. The highest BCUT2D eigenvalue weighted by Crippen LogP contribution is 2.04. The molecule has 20 heavy (non-hydrogen) atoms. The van der Waals surface area contributed by atoms with Crippen molar-refractivity contribution in [3.63, 3.8) is 0 Å². The average Bonchev–Trinajstić information content (AvgIpc) is 2.26. The minimum atomic E-state index is -0.0200. The van der Waals surface area contributed by atoms with Crippen LogP contribution in [0, 0.1) is 5.92 Å². The predicted octanol–water partition coefficient (Wildman–Crippen LogP) is 1.59. The minimum absolute atomic E-state index is 0. The average molecular weight is 308 g/mol. The molecule has 0 aromatic rings. The highest BCUT2D eigenvalue weighted by atomic mass is 35.5. The zero-order valence-corrected chi connectivity index (χ0v) is 13.9. The van der Waals surface area contributed by atoms with Crippen LogP contribution < -0.4 is 16.4 Å². The lowest BCUT2D eigenvalue weighted by Gasteiger charge is -2.18. The van der Waals surface area contributed by atoms with Crippen LogP contribution >= 0.6 is 12.4 Å². The second kappa shape index (κ2) is 12.0. The maximum absolute atomic E-state index is 11.7. The van der Waals surface area contributed by atoms with Gasteiger partial charge in [0.15, 0.2) is 0 Å². The van der Waals surface area contributed by atoms with Crippen molar-refractivity contribution in [2.75, 3.05) is 6.54 Å². The van der Waals surface area contributed by atoms with E-state index in [0.717, 1.165) is 6.42 Å². The third-order valence-corrected chi connectivity index (χ3v) is 2.66. The molecule has 120 valence electrons. The molecule has 0 aromatic heterocycles. The van der Waals surface area contributed by atoms with Gasteiger partial charge in [-0.25, -0.2) is 0 Å². The second-order valence-electron chi connectivity index (χ2n) is 5.71. The summed E-state index contributed by atoms with van der Waals surface area (Å²) in [6.45, 7) is 8.50. The van der Waals surface area contributed by atoms with Crippen molar-refractivity contribution in [1.29, 1.82) is 0 Å². The second-order valence-corrected chi connectivity index (χ2v) is 5.71. The van der Waals surface area contributed by atoms with Gasteiger partial charge in [0.1, 0.15) is 0 Å². The highest BCUT2D eigenvalue weighted by Gasteiger charge is 2.12. The molecule has 0 saturated heterocycles. The monoisotopic (exact) mass is 307 g/mol. The Kier molecular flexibility index (Phi) is 12.9. The van der Waals surface area contributed by atoms with E-state index in [9.17, 15) is 9.59 Å². The zero-order chi connectivity index (χ0) is 14.8. The van der Waals surface area contributed by atoms with Gasteiger partial charge in [-0.15, -0.1) is 12.4 Å². The van der Waals surface area contributed by atoms with Crippen molar-refractivity contribution < 1.29 is 9.59 Å². The first-order valence-corrected chi connectivity index (χ1v) is 7.14. The quantitative estimate of drug-likeness (QED) is 0.605. The third-order valence-electron chi connectivity index (χ3n) is 2.66. The fourth-order valence-corrected chi connectivity index (χ4v) is 1.89. The normalized spacial score (nSPS) is 11.9. The van der Waals surface area contributed by atoms with Crippen LogP contribution in [-0.2, 0) is 9.59 Å². The van der Waals surface area contributed by atoms with E-state index in [0.29, 0.717) is 31.7 Å². The van der Waals surface area contributed by atoms with E-state index in [-0.39, 0.29) is 36.3 Å². The third kappa shape index (κ3) is 12.2. The number of hydrogen-bond donors (Lipinski definition) is 3. The number of carbonyl (C=O) groups excluding carboxylic acids is 2.